The number of alkyl carbamates (subject to hydrolysis) is 1. The van der Waals surface area contributed by atoms with Gasteiger partial charge < -0.3 is 25.4 Å². The van der Waals surface area contributed by atoms with E-state index in [0.717, 1.165) is 96.3 Å². The molecule has 6 atom stereocenters. The minimum atomic E-state index is -0.574. The Morgan fingerprint density at radius 3 is 1.91 bits per heavy atom. The number of hydrogen-bond donors (Lipinski definition) is 3. The number of rotatable bonds is 15. The van der Waals surface area contributed by atoms with Gasteiger partial charge in [-0.25, -0.2) is 4.79 Å². The molecule has 0 radical (unpaired) electrons. The van der Waals surface area contributed by atoms with E-state index in [2.05, 4.69) is 36.7 Å². The molecule has 0 spiro atoms. The summed E-state index contributed by atoms with van der Waals surface area (Å²) in [6.45, 7) is 12.7. The van der Waals surface area contributed by atoms with Crippen molar-refractivity contribution in [1.82, 2.24) is 16.0 Å². The van der Waals surface area contributed by atoms with Crippen LogP contribution in [0.5, 0.6) is 0 Å². The highest BCUT2D eigenvalue weighted by molar-refractivity contribution is 5.80. The lowest BCUT2D eigenvalue weighted by Crippen LogP contribution is -2.53. The molecule has 47 heavy (non-hydrogen) atoms. The highest BCUT2D eigenvalue weighted by Gasteiger charge is 2.41. The van der Waals surface area contributed by atoms with Gasteiger partial charge >= 0.3 is 12.1 Å². The molecule has 3 rings (SSSR count). The minimum absolute atomic E-state index is 0.0183. The van der Waals surface area contributed by atoms with Gasteiger partial charge in [-0.3, -0.25) is 14.4 Å². The van der Waals surface area contributed by atoms with Gasteiger partial charge in [-0.1, -0.05) is 72.1 Å². The molecular formula is C38H67N3O6. The number of amides is 3. The zero-order valence-corrected chi connectivity index (χ0v) is 30.6. The molecule has 9 heteroatoms. The monoisotopic (exact) mass is 662 g/mol. The van der Waals surface area contributed by atoms with E-state index in [0.29, 0.717) is 32.4 Å². The molecule has 9 nitrogen and oxygen atoms in total. The van der Waals surface area contributed by atoms with Crippen LogP contribution in [0.25, 0.3) is 0 Å². The summed E-state index contributed by atoms with van der Waals surface area (Å²) < 4.78 is 11.1. The van der Waals surface area contributed by atoms with Crippen molar-refractivity contribution in [2.24, 2.45) is 29.1 Å². The van der Waals surface area contributed by atoms with Crippen LogP contribution in [-0.2, 0) is 23.9 Å². The van der Waals surface area contributed by atoms with Crippen molar-refractivity contribution >= 4 is 23.9 Å². The van der Waals surface area contributed by atoms with E-state index in [-0.39, 0.29) is 59.0 Å². The van der Waals surface area contributed by atoms with Crippen molar-refractivity contribution in [2.75, 3.05) is 13.2 Å². The second-order valence-electron chi connectivity index (χ2n) is 15.8. The lowest BCUT2D eigenvalue weighted by molar-refractivity contribution is -0.152. The van der Waals surface area contributed by atoms with Gasteiger partial charge in [-0.05, 0) is 95.8 Å². The Balaban J connectivity index is 1.65. The van der Waals surface area contributed by atoms with Crippen LogP contribution >= 0.6 is 0 Å². The van der Waals surface area contributed by atoms with Gasteiger partial charge in [-0.15, -0.1) is 0 Å². The number of hydrogen-bond acceptors (Lipinski definition) is 6. The molecule has 0 aromatic rings. The molecule has 3 amide bonds. The molecule has 0 aliphatic heterocycles. The van der Waals surface area contributed by atoms with E-state index >= 15 is 0 Å². The van der Waals surface area contributed by atoms with Crippen molar-refractivity contribution in [3.05, 3.63) is 0 Å². The number of esters is 1. The quantitative estimate of drug-likeness (QED) is 0.123. The van der Waals surface area contributed by atoms with Crippen LogP contribution in [0.3, 0.4) is 0 Å². The number of carbonyl (C=O) groups is 4. The molecule has 0 unspecified atom stereocenters. The van der Waals surface area contributed by atoms with Gasteiger partial charge in [0, 0.05) is 31.0 Å². The van der Waals surface area contributed by atoms with Crippen molar-refractivity contribution < 1.29 is 28.7 Å². The number of carbonyl (C=O) groups excluding carboxylic acids is 4. The van der Waals surface area contributed by atoms with E-state index in [1.807, 2.05) is 20.8 Å². The van der Waals surface area contributed by atoms with E-state index in [4.69, 9.17) is 9.47 Å². The van der Waals surface area contributed by atoms with Crippen molar-refractivity contribution in [3.63, 3.8) is 0 Å². The average Bonchev–Trinajstić information content (AvgIpc) is 3.02. The molecule has 270 valence electrons. The Labute approximate surface area is 285 Å². The van der Waals surface area contributed by atoms with Crippen LogP contribution in [-0.4, -0.2) is 54.7 Å². The van der Waals surface area contributed by atoms with Crippen molar-refractivity contribution in [1.29, 1.82) is 0 Å². The maximum atomic E-state index is 14.0. The van der Waals surface area contributed by atoms with Gasteiger partial charge in [0.05, 0.1) is 12.5 Å². The standard InChI is InChI=1S/C38H67N3O6/c1-7-10-24-46-35(44)28(9-3)30-19-13-15-21-32(30)41-34(43)27(8-2)29-18-12-14-20-31(29)40-33(42)25-38(22-16-11-17-23-38)26-39-36(45)47-37(4,5)6/h27-32H,7-26H2,1-6H3,(H,39,45)(H,40,42)(H,41,43)/t27-,28-,29-,30-,31-,32-/m1/s1. The number of nitrogens with one attached hydrogen (secondary N) is 3. The first kappa shape index (κ1) is 39.1. The summed E-state index contributed by atoms with van der Waals surface area (Å²) in [6, 6.07) is -0.0836. The largest absolute Gasteiger partial charge is 0.465 e. The topological polar surface area (TPSA) is 123 Å². The lowest BCUT2D eigenvalue weighted by Gasteiger charge is -2.41. The third kappa shape index (κ3) is 12.3. The second kappa shape index (κ2) is 19.0. The SMILES string of the molecule is CCCCOC(=O)[C@H](CC)[C@H]1CCCC[C@H]1NC(=O)[C@H](CC)[C@H]1CCCC[C@H]1NC(=O)CC1(CNC(=O)OC(C)(C)C)CCCCC1. The van der Waals surface area contributed by atoms with Crippen molar-refractivity contribution in [2.45, 2.75) is 175 Å². The molecule has 3 aliphatic carbocycles. The van der Waals surface area contributed by atoms with Gasteiger partial charge in [-0.2, -0.15) is 0 Å². The summed E-state index contributed by atoms with van der Waals surface area (Å²) in [5.74, 6) is -0.269. The second-order valence-corrected chi connectivity index (χ2v) is 15.8. The highest BCUT2D eigenvalue weighted by Crippen LogP contribution is 2.40. The summed E-state index contributed by atoms with van der Waals surface area (Å²) in [4.78, 5) is 53.3. The Hall–Kier alpha value is -2.32. The summed E-state index contributed by atoms with van der Waals surface area (Å²) in [5.41, 5.74) is -0.858. The molecule has 3 aliphatic rings. The van der Waals surface area contributed by atoms with Crippen LogP contribution in [0.4, 0.5) is 4.79 Å². The maximum Gasteiger partial charge on any atom is 0.407 e. The van der Waals surface area contributed by atoms with E-state index < -0.39 is 11.7 Å². The van der Waals surface area contributed by atoms with E-state index in [9.17, 15) is 19.2 Å². The molecule has 3 N–H and O–H groups in total. The highest BCUT2D eigenvalue weighted by atomic mass is 16.6. The fourth-order valence-corrected chi connectivity index (χ4v) is 8.57. The van der Waals surface area contributed by atoms with Gasteiger partial charge in [0.25, 0.3) is 0 Å². The summed E-state index contributed by atoms with van der Waals surface area (Å²) in [5, 5.41) is 9.78. The minimum Gasteiger partial charge on any atom is -0.465 e. The van der Waals surface area contributed by atoms with Gasteiger partial charge in [0.2, 0.25) is 11.8 Å². The van der Waals surface area contributed by atoms with Gasteiger partial charge in [0.15, 0.2) is 0 Å². The van der Waals surface area contributed by atoms with Crippen LogP contribution in [0, 0.1) is 29.1 Å². The molecule has 0 heterocycles. The first-order chi connectivity index (χ1) is 22.4. The Morgan fingerprint density at radius 1 is 0.766 bits per heavy atom. The summed E-state index contributed by atoms with van der Waals surface area (Å²) in [6.07, 6.45) is 16.0. The molecule has 3 saturated carbocycles. The molecule has 0 bridgehead atoms. The third-order valence-electron chi connectivity index (χ3n) is 11.1. The first-order valence-electron chi connectivity index (χ1n) is 19.1. The molecule has 0 saturated heterocycles. The predicted octanol–water partition coefficient (Wildman–Crippen LogP) is 7.60. The Kier molecular flexibility index (Phi) is 15.8. The smallest absolute Gasteiger partial charge is 0.407 e. The third-order valence-corrected chi connectivity index (χ3v) is 11.1. The van der Waals surface area contributed by atoms with Crippen LogP contribution in [0.2, 0.25) is 0 Å². The first-order valence-corrected chi connectivity index (χ1v) is 19.1. The molecular weight excluding hydrogens is 594 g/mol. The van der Waals surface area contributed by atoms with E-state index in [1.54, 1.807) is 0 Å². The van der Waals surface area contributed by atoms with Crippen molar-refractivity contribution in [3.8, 4) is 0 Å². The van der Waals surface area contributed by atoms with Crippen LogP contribution in [0.15, 0.2) is 0 Å². The number of ether oxygens (including phenoxy) is 2. The molecule has 3 fully saturated rings. The zero-order valence-electron chi connectivity index (χ0n) is 30.6. The summed E-state index contributed by atoms with van der Waals surface area (Å²) >= 11 is 0. The molecule has 0 aromatic carbocycles. The van der Waals surface area contributed by atoms with Crippen LogP contribution < -0.4 is 16.0 Å². The lowest BCUT2D eigenvalue weighted by atomic mass is 9.71. The molecule has 0 aromatic heterocycles. The van der Waals surface area contributed by atoms with Gasteiger partial charge in [0.1, 0.15) is 5.60 Å². The Morgan fingerprint density at radius 2 is 1.34 bits per heavy atom. The predicted molar refractivity (Wildman–Crippen MR) is 186 cm³/mol. The maximum absolute atomic E-state index is 14.0. The van der Waals surface area contributed by atoms with E-state index in [1.165, 1.54) is 0 Å². The Bertz CT molecular complexity index is 1000. The fourth-order valence-electron chi connectivity index (χ4n) is 8.57. The number of unbranched alkanes of at least 4 members (excludes halogenated alkanes) is 1. The fraction of sp³-hybridized carbons (Fsp3) is 0.895. The average molecular weight is 662 g/mol. The normalized spacial score (nSPS) is 25.9. The zero-order chi connectivity index (χ0) is 34.5. The van der Waals surface area contributed by atoms with Crippen LogP contribution in [0.1, 0.15) is 157 Å². The summed E-state index contributed by atoms with van der Waals surface area (Å²) in [7, 11) is 0.